The normalized spacial score (nSPS) is 14.0. The highest BCUT2D eigenvalue weighted by Gasteiger charge is 2.11. The highest BCUT2D eigenvalue weighted by atomic mass is 32.2. The number of hydrogen-bond donors (Lipinski definition) is 2. The molecule has 5 heteroatoms. The molecule has 0 heterocycles. The molecule has 1 aromatic carbocycles. The number of benzene rings is 1. The fourth-order valence-electron chi connectivity index (χ4n) is 1.23. The monoisotopic (exact) mass is 271 g/mol. The van der Waals surface area contributed by atoms with Crippen molar-refractivity contribution < 1.29 is 14.3 Å². The van der Waals surface area contributed by atoms with Gasteiger partial charge in [-0.1, -0.05) is 25.1 Å². The summed E-state index contributed by atoms with van der Waals surface area (Å²) in [6, 6.07) is 6.35. The summed E-state index contributed by atoms with van der Waals surface area (Å²) < 4.78 is 13.3. The fraction of sp³-hybridized carbons (Fsp3) is 0.462. The molecule has 0 aliphatic heterocycles. The molecule has 0 spiro atoms. The lowest BCUT2D eigenvalue weighted by atomic mass is 10.2. The van der Waals surface area contributed by atoms with E-state index < -0.39 is 6.10 Å². The van der Waals surface area contributed by atoms with Crippen molar-refractivity contribution >= 4 is 17.7 Å². The molecule has 1 amide bonds. The van der Waals surface area contributed by atoms with Crippen LogP contribution in [0.25, 0.3) is 0 Å². The van der Waals surface area contributed by atoms with Gasteiger partial charge < -0.3 is 10.4 Å². The summed E-state index contributed by atoms with van der Waals surface area (Å²) >= 11 is 1.38. The van der Waals surface area contributed by atoms with Crippen LogP contribution in [0.4, 0.5) is 4.39 Å². The highest BCUT2D eigenvalue weighted by molar-refractivity contribution is 8.00. The van der Waals surface area contributed by atoms with Crippen LogP contribution < -0.4 is 5.32 Å². The zero-order valence-corrected chi connectivity index (χ0v) is 11.3. The molecule has 2 N–H and O–H groups in total. The molecular formula is C13H18FNO2S. The van der Waals surface area contributed by atoms with Crippen molar-refractivity contribution in [3.63, 3.8) is 0 Å². The summed E-state index contributed by atoms with van der Waals surface area (Å²) in [6.07, 6.45) is -0.450. The van der Waals surface area contributed by atoms with Gasteiger partial charge in [0.1, 0.15) is 5.82 Å². The van der Waals surface area contributed by atoms with E-state index in [-0.39, 0.29) is 29.3 Å². The first kappa shape index (κ1) is 15.0. The standard InChI is InChI=1S/C13H18FNO2S/c1-9(16)10(2)18-8-13(17)15-7-11-5-3-4-6-12(11)14/h3-6,9-10,16H,7-8H2,1-2H3,(H,15,17). The Morgan fingerprint density at radius 3 is 2.72 bits per heavy atom. The van der Waals surface area contributed by atoms with Crippen LogP contribution in [0.3, 0.4) is 0 Å². The van der Waals surface area contributed by atoms with Crippen molar-refractivity contribution in [2.45, 2.75) is 31.7 Å². The van der Waals surface area contributed by atoms with E-state index in [1.54, 1.807) is 25.1 Å². The van der Waals surface area contributed by atoms with Crippen LogP contribution >= 0.6 is 11.8 Å². The van der Waals surface area contributed by atoms with Crippen LogP contribution in [0.15, 0.2) is 24.3 Å². The van der Waals surface area contributed by atoms with Crippen LogP contribution in [-0.2, 0) is 11.3 Å². The summed E-state index contributed by atoms with van der Waals surface area (Å²) in [5.74, 6) is -0.209. The Labute approximate surface area is 111 Å². The summed E-state index contributed by atoms with van der Waals surface area (Å²) in [7, 11) is 0. The molecule has 2 unspecified atom stereocenters. The fourth-order valence-corrected chi connectivity index (χ4v) is 2.03. The molecule has 1 rings (SSSR count). The number of thioether (sulfide) groups is 1. The number of aliphatic hydroxyl groups excluding tert-OH is 1. The first-order valence-electron chi connectivity index (χ1n) is 5.80. The van der Waals surface area contributed by atoms with Gasteiger partial charge >= 0.3 is 0 Å². The van der Waals surface area contributed by atoms with Crippen molar-refractivity contribution in [2.24, 2.45) is 0 Å². The molecule has 0 saturated heterocycles. The van der Waals surface area contributed by atoms with E-state index in [1.165, 1.54) is 17.8 Å². The lowest BCUT2D eigenvalue weighted by Gasteiger charge is -2.13. The number of amides is 1. The molecule has 0 bridgehead atoms. The molecule has 3 nitrogen and oxygen atoms in total. The predicted molar refractivity (Wildman–Crippen MR) is 71.8 cm³/mol. The molecule has 0 aliphatic rings. The van der Waals surface area contributed by atoms with Crippen LogP contribution in [0, 0.1) is 5.82 Å². The maximum atomic E-state index is 13.3. The van der Waals surface area contributed by atoms with Gasteiger partial charge in [-0.2, -0.15) is 0 Å². The van der Waals surface area contributed by atoms with Gasteiger partial charge in [0.15, 0.2) is 0 Å². The van der Waals surface area contributed by atoms with Crippen molar-refractivity contribution in [2.75, 3.05) is 5.75 Å². The van der Waals surface area contributed by atoms with Crippen LogP contribution in [0.5, 0.6) is 0 Å². The third-order valence-electron chi connectivity index (χ3n) is 2.59. The second kappa shape index (κ2) is 7.38. The van der Waals surface area contributed by atoms with Gasteiger partial charge in [-0.3, -0.25) is 4.79 Å². The zero-order valence-electron chi connectivity index (χ0n) is 10.5. The summed E-state index contributed by atoms with van der Waals surface area (Å²) in [5.41, 5.74) is 0.472. The van der Waals surface area contributed by atoms with E-state index in [0.717, 1.165) is 0 Å². The highest BCUT2D eigenvalue weighted by Crippen LogP contribution is 2.13. The summed E-state index contributed by atoms with van der Waals surface area (Å²) in [5, 5.41) is 11.9. The quantitative estimate of drug-likeness (QED) is 0.831. The Kier molecular flexibility index (Phi) is 6.15. The predicted octanol–water partition coefficient (Wildman–Crippen LogP) is 1.94. The minimum Gasteiger partial charge on any atom is -0.392 e. The lowest BCUT2D eigenvalue weighted by Crippen LogP contribution is -2.27. The van der Waals surface area contributed by atoms with Crippen molar-refractivity contribution in [3.05, 3.63) is 35.6 Å². The molecular weight excluding hydrogens is 253 g/mol. The number of halogens is 1. The smallest absolute Gasteiger partial charge is 0.230 e. The van der Waals surface area contributed by atoms with Gasteiger partial charge in [-0.25, -0.2) is 4.39 Å². The first-order chi connectivity index (χ1) is 8.50. The van der Waals surface area contributed by atoms with Crippen LogP contribution in [-0.4, -0.2) is 28.1 Å². The number of carbonyl (C=O) groups excluding carboxylic acids is 1. The Morgan fingerprint density at radius 2 is 2.11 bits per heavy atom. The summed E-state index contributed by atoms with van der Waals surface area (Å²) in [4.78, 5) is 11.5. The Balaban J connectivity index is 2.32. The molecule has 2 atom stereocenters. The van der Waals surface area contributed by atoms with Gasteiger partial charge in [-0.05, 0) is 13.0 Å². The Hall–Kier alpha value is -1.07. The van der Waals surface area contributed by atoms with Gasteiger partial charge in [-0.15, -0.1) is 11.8 Å². The number of carbonyl (C=O) groups is 1. The van der Waals surface area contributed by atoms with Crippen LogP contribution in [0.2, 0.25) is 0 Å². The van der Waals surface area contributed by atoms with E-state index in [4.69, 9.17) is 0 Å². The minimum atomic E-state index is -0.450. The molecule has 100 valence electrons. The van der Waals surface area contributed by atoms with Gasteiger partial charge in [0.05, 0.1) is 11.9 Å². The maximum absolute atomic E-state index is 13.3. The number of hydrogen-bond acceptors (Lipinski definition) is 3. The summed E-state index contributed by atoms with van der Waals surface area (Å²) in [6.45, 7) is 3.74. The average molecular weight is 271 g/mol. The van der Waals surface area contributed by atoms with Gasteiger partial charge in [0.25, 0.3) is 0 Å². The van der Waals surface area contributed by atoms with Crippen LogP contribution in [0.1, 0.15) is 19.4 Å². The topological polar surface area (TPSA) is 49.3 Å². The third-order valence-corrected chi connectivity index (χ3v) is 3.94. The van der Waals surface area contributed by atoms with Crippen molar-refractivity contribution in [1.29, 1.82) is 0 Å². The Morgan fingerprint density at radius 1 is 1.44 bits per heavy atom. The Bertz CT molecular complexity index is 398. The average Bonchev–Trinajstić information content (AvgIpc) is 2.34. The molecule has 0 radical (unpaired) electrons. The SMILES string of the molecule is CC(O)C(C)SCC(=O)NCc1ccccc1F. The number of rotatable bonds is 6. The van der Waals surface area contributed by atoms with Gasteiger partial charge in [0, 0.05) is 17.4 Å². The number of nitrogens with one attached hydrogen (secondary N) is 1. The number of aliphatic hydroxyl groups is 1. The lowest BCUT2D eigenvalue weighted by molar-refractivity contribution is -0.118. The maximum Gasteiger partial charge on any atom is 0.230 e. The zero-order chi connectivity index (χ0) is 13.5. The van der Waals surface area contributed by atoms with Gasteiger partial charge in [0.2, 0.25) is 5.91 Å². The second-order valence-corrected chi connectivity index (χ2v) is 5.49. The van der Waals surface area contributed by atoms with E-state index in [9.17, 15) is 14.3 Å². The molecule has 0 saturated carbocycles. The molecule has 0 aliphatic carbocycles. The molecule has 0 aromatic heterocycles. The second-order valence-electron chi connectivity index (χ2n) is 4.12. The van der Waals surface area contributed by atoms with Crippen molar-refractivity contribution in [1.82, 2.24) is 5.32 Å². The largest absolute Gasteiger partial charge is 0.392 e. The van der Waals surface area contributed by atoms with E-state index in [0.29, 0.717) is 5.56 Å². The first-order valence-corrected chi connectivity index (χ1v) is 6.85. The molecule has 1 aromatic rings. The third kappa shape index (κ3) is 5.06. The van der Waals surface area contributed by atoms with E-state index >= 15 is 0 Å². The van der Waals surface area contributed by atoms with E-state index in [2.05, 4.69) is 5.32 Å². The van der Waals surface area contributed by atoms with Crippen molar-refractivity contribution in [3.8, 4) is 0 Å². The minimum absolute atomic E-state index is 0.00390. The molecule has 18 heavy (non-hydrogen) atoms. The molecule has 0 fully saturated rings. The van der Waals surface area contributed by atoms with E-state index in [1.807, 2.05) is 6.92 Å².